The molecule has 0 aromatic carbocycles. The molecule has 4 rings (SSSR count). The summed E-state index contributed by atoms with van der Waals surface area (Å²) in [5, 5.41) is 10.8. The van der Waals surface area contributed by atoms with Crippen molar-refractivity contribution in [2.45, 2.75) is 20.8 Å². The lowest BCUT2D eigenvalue weighted by Crippen LogP contribution is -3.00. The van der Waals surface area contributed by atoms with E-state index in [0.29, 0.717) is 30.5 Å². The van der Waals surface area contributed by atoms with Gasteiger partial charge in [0.1, 0.15) is 12.0 Å². The number of fused-ring (bicyclic) bond motifs is 1. The number of nitrogen functional groups attached to an aromatic ring is 3. The lowest BCUT2D eigenvalue weighted by molar-refractivity contribution is -0.624. The van der Waals surface area contributed by atoms with Gasteiger partial charge in [0.25, 0.3) is 11.6 Å². The standard InChI is InChI=1S/C9H8BrN3O2.C5H6BrN3.C5H5BrN2.C5H9NO2.HI/c1-2-15-9(14)8-11-7-4-3-6(10)5-13(7)12-8;6-4-1-2-5(7)9(8)3-4;6-4-1-2-5(7)8-3-4;1-3-8-5(6)4(2)7;/h3-5H,2H2,1H3;1-3,7H,8H2;1-3H,(H2,7,8);6H,3H2,1-2H3;1H. The average Bonchev–Trinajstić information content (AvgIpc) is 3.33. The molecule has 0 amide bonds. The first-order valence-electron chi connectivity index (χ1n) is 11.4. The van der Waals surface area contributed by atoms with Crippen LogP contribution < -0.4 is 46.0 Å². The first-order valence-corrected chi connectivity index (χ1v) is 13.8. The molecule has 0 aliphatic carbocycles. The van der Waals surface area contributed by atoms with Gasteiger partial charge < -0.3 is 39.2 Å². The van der Waals surface area contributed by atoms with Gasteiger partial charge in [-0.15, -0.1) is 9.77 Å². The summed E-state index contributed by atoms with van der Waals surface area (Å²) in [5.41, 5.74) is 11.3. The van der Waals surface area contributed by atoms with Gasteiger partial charge in [0.05, 0.1) is 17.7 Å². The van der Waals surface area contributed by atoms with Crippen LogP contribution in [-0.2, 0) is 14.3 Å². The number of carbonyl (C=O) groups is 2. The number of esters is 1. The van der Waals surface area contributed by atoms with E-state index in [0.717, 1.165) is 13.4 Å². The number of nitrogens with one attached hydrogen (secondary N) is 1. The van der Waals surface area contributed by atoms with Crippen LogP contribution in [0.25, 0.3) is 5.65 Å². The Morgan fingerprint density at radius 1 is 0.976 bits per heavy atom. The summed E-state index contributed by atoms with van der Waals surface area (Å²) in [6, 6.07) is 10.7. The predicted octanol–water partition coefficient (Wildman–Crippen LogP) is 0.721. The maximum absolute atomic E-state index is 11.3. The zero-order valence-corrected chi connectivity index (χ0v) is 29.1. The lowest BCUT2D eigenvalue weighted by Gasteiger charge is -1.96. The number of pyridine rings is 3. The Kier molecular flexibility index (Phi) is 18.6. The van der Waals surface area contributed by atoms with E-state index < -0.39 is 5.97 Å². The molecule has 4 heterocycles. The number of nitrogens with zero attached hydrogens (tertiary/aromatic N) is 5. The first kappa shape index (κ1) is 38.1. The number of carbonyl (C=O) groups excluding carboxylic acids is 2. The van der Waals surface area contributed by atoms with Crippen LogP contribution >= 0.6 is 47.8 Å². The highest BCUT2D eigenvalue weighted by Crippen LogP contribution is 2.11. The van der Waals surface area contributed by atoms with Gasteiger partial charge in [0.15, 0.2) is 5.65 Å². The van der Waals surface area contributed by atoms with Crippen molar-refractivity contribution in [3.8, 4) is 0 Å². The molecule has 17 heteroatoms. The number of nitrogens with two attached hydrogens (primary N) is 3. The summed E-state index contributed by atoms with van der Waals surface area (Å²) in [6.45, 7) is 5.48. The SMILES string of the molecule is CCOC(=N)C(C)=O.CCOC(=O)c1nc2ccc(Br)cn2n1.Nc1ccc(Br)c[n+]1N.Nc1ccc(Br)cn1.[I-]. The molecule has 0 saturated carbocycles. The minimum Gasteiger partial charge on any atom is -1.00 e. The quantitative estimate of drug-likeness (QED) is 0.0566. The monoisotopic (exact) mass is 871 g/mol. The third-order valence-electron chi connectivity index (χ3n) is 4.09. The van der Waals surface area contributed by atoms with E-state index in [-0.39, 0.29) is 41.5 Å². The van der Waals surface area contributed by atoms with Crippen LogP contribution in [0.5, 0.6) is 0 Å². The molecule has 41 heavy (non-hydrogen) atoms. The number of ether oxygens (including phenoxy) is 2. The largest absolute Gasteiger partial charge is 1.00 e. The fourth-order valence-electron chi connectivity index (χ4n) is 2.27. The van der Waals surface area contributed by atoms with E-state index in [2.05, 4.69) is 67.6 Å². The summed E-state index contributed by atoms with van der Waals surface area (Å²) in [4.78, 5) is 29.3. The zero-order chi connectivity index (χ0) is 30.2. The number of hydrogen-bond acceptors (Lipinski definition) is 11. The van der Waals surface area contributed by atoms with E-state index in [1.165, 1.54) is 16.1 Å². The van der Waals surface area contributed by atoms with Crippen LogP contribution in [0.4, 0.5) is 11.6 Å². The summed E-state index contributed by atoms with van der Waals surface area (Å²) < 4.78 is 14.9. The highest BCUT2D eigenvalue weighted by Gasteiger charge is 2.13. The Balaban J connectivity index is 0.000000540. The third-order valence-corrected chi connectivity index (χ3v) is 5.49. The second-order valence-corrected chi connectivity index (χ2v) is 9.95. The molecule has 4 aromatic rings. The van der Waals surface area contributed by atoms with Crippen molar-refractivity contribution in [2.24, 2.45) is 0 Å². The van der Waals surface area contributed by atoms with Crippen molar-refractivity contribution >= 4 is 82.7 Å². The molecule has 0 aliphatic heterocycles. The van der Waals surface area contributed by atoms with E-state index in [1.54, 1.807) is 50.6 Å². The van der Waals surface area contributed by atoms with E-state index in [1.807, 2.05) is 18.2 Å². The van der Waals surface area contributed by atoms with Crippen molar-refractivity contribution in [2.75, 3.05) is 30.5 Å². The zero-order valence-electron chi connectivity index (χ0n) is 22.2. The van der Waals surface area contributed by atoms with Crippen LogP contribution in [0.3, 0.4) is 0 Å². The van der Waals surface area contributed by atoms with Crippen LogP contribution in [0.1, 0.15) is 31.4 Å². The molecule has 0 fully saturated rings. The number of ketones is 1. The van der Waals surface area contributed by atoms with Crippen molar-refractivity contribution in [3.05, 3.63) is 74.2 Å². The molecule has 13 nitrogen and oxygen atoms in total. The molecular formula is C24H29Br3IN9O4. The molecule has 0 unspecified atom stereocenters. The highest BCUT2D eigenvalue weighted by atomic mass is 127. The van der Waals surface area contributed by atoms with Gasteiger partial charge in [-0.05, 0) is 92.0 Å². The number of aromatic nitrogens is 5. The molecule has 0 radical (unpaired) electrons. The third kappa shape index (κ3) is 15.1. The van der Waals surface area contributed by atoms with Crippen molar-refractivity contribution in [3.63, 3.8) is 0 Å². The van der Waals surface area contributed by atoms with Gasteiger partial charge in [0.2, 0.25) is 11.7 Å². The van der Waals surface area contributed by atoms with Crippen molar-refractivity contribution in [1.82, 2.24) is 19.6 Å². The van der Waals surface area contributed by atoms with Crippen molar-refractivity contribution < 1.29 is 47.7 Å². The van der Waals surface area contributed by atoms with Crippen molar-refractivity contribution in [1.29, 1.82) is 5.41 Å². The van der Waals surface area contributed by atoms with E-state index in [9.17, 15) is 9.59 Å². The summed E-state index contributed by atoms with van der Waals surface area (Å²) >= 11 is 9.77. The van der Waals surface area contributed by atoms with Crippen LogP contribution in [0, 0.1) is 5.41 Å². The molecule has 0 bridgehead atoms. The molecule has 0 saturated heterocycles. The molecular weight excluding hydrogens is 845 g/mol. The van der Waals surface area contributed by atoms with Crippen LogP contribution in [-0.4, -0.2) is 50.4 Å². The molecule has 222 valence electrons. The minimum absolute atomic E-state index is 0. The van der Waals surface area contributed by atoms with E-state index in [4.69, 9.17) is 27.5 Å². The smallest absolute Gasteiger partial charge is 0.378 e. The highest BCUT2D eigenvalue weighted by molar-refractivity contribution is 9.11. The summed E-state index contributed by atoms with van der Waals surface area (Å²) in [7, 11) is 0. The number of Topliss-reactive ketones (excluding diaryl/α,β-unsaturated/α-hetero) is 1. The fraction of sp³-hybridized carbons (Fsp3) is 0.208. The number of rotatable bonds is 4. The Hall–Kier alpha value is -2.90. The molecule has 0 spiro atoms. The number of hydrogen-bond donors (Lipinski definition) is 4. The molecule has 7 N–H and O–H groups in total. The summed E-state index contributed by atoms with van der Waals surface area (Å²) in [6.07, 6.45) is 5.08. The topological polar surface area (TPSA) is 201 Å². The summed E-state index contributed by atoms with van der Waals surface area (Å²) in [5.74, 6) is 5.46. The Morgan fingerprint density at radius 2 is 1.59 bits per heavy atom. The lowest BCUT2D eigenvalue weighted by atomic mass is 10.4. The molecule has 0 atom stereocenters. The molecule has 0 aliphatic rings. The maximum atomic E-state index is 11.3. The average molecular weight is 874 g/mol. The first-order chi connectivity index (χ1) is 18.9. The van der Waals surface area contributed by atoms with Gasteiger partial charge >= 0.3 is 5.97 Å². The minimum atomic E-state index is -0.502. The van der Waals surface area contributed by atoms with Gasteiger partial charge in [-0.1, -0.05) is 0 Å². The van der Waals surface area contributed by atoms with Gasteiger partial charge in [0, 0.05) is 34.3 Å². The normalized spacial score (nSPS) is 9.32. The second-order valence-electron chi connectivity index (χ2n) is 7.21. The van der Waals surface area contributed by atoms with E-state index >= 15 is 0 Å². The number of anilines is 2. The van der Waals surface area contributed by atoms with Crippen LogP contribution in [0.15, 0.2) is 68.4 Å². The fourth-order valence-corrected chi connectivity index (χ4v) is 3.19. The Labute approximate surface area is 279 Å². The van der Waals surface area contributed by atoms with Gasteiger partial charge in [-0.25, -0.2) is 19.3 Å². The van der Waals surface area contributed by atoms with Gasteiger partial charge in [-0.3, -0.25) is 21.8 Å². The maximum Gasteiger partial charge on any atom is 0.378 e. The van der Waals surface area contributed by atoms with Crippen LogP contribution in [0.2, 0.25) is 0 Å². The Bertz CT molecular complexity index is 1400. The van der Waals surface area contributed by atoms with Gasteiger partial charge in [-0.2, -0.15) is 0 Å². The second kappa shape index (κ2) is 20.1. The number of halogens is 4. The molecule has 4 aromatic heterocycles. The Morgan fingerprint density at radius 3 is 2.05 bits per heavy atom. The predicted molar refractivity (Wildman–Crippen MR) is 162 cm³/mol.